The number of hydroxylamine groups is 1. The maximum Gasteiger partial charge on any atom is 0.381 e. The summed E-state index contributed by atoms with van der Waals surface area (Å²) in [5, 5.41) is 3.59. The van der Waals surface area contributed by atoms with Gasteiger partial charge in [0.15, 0.2) is 0 Å². The highest BCUT2D eigenvalue weighted by Gasteiger charge is 2.23. The van der Waals surface area contributed by atoms with Gasteiger partial charge in [-0.25, -0.2) is 0 Å². The molecule has 0 rings (SSSR count). The highest BCUT2D eigenvalue weighted by Crippen LogP contribution is 2.12. The number of nitrogens with zero attached hydrogens (tertiary/aromatic N) is 2. The molecular weight excluding hydrogens is 284 g/mol. The standard InChI is InChI=1S/C14H32N6O2/c1-4-5-6-7-10-21-20(14(17)18)12(9-8-11(2)3)22-19-13(15)16/h11-12H,4-10H2,1-3H3,(H7,15,16,17,18,19)/p+1. The highest BCUT2D eigenvalue weighted by molar-refractivity contribution is 5.74. The number of hydrogen-bond acceptors (Lipinski definition) is 3. The Bertz CT molecular complexity index is 349. The Hall–Kier alpha value is -1.86. The van der Waals surface area contributed by atoms with Gasteiger partial charge in [0.05, 0.1) is 0 Å². The summed E-state index contributed by atoms with van der Waals surface area (Å²) in [7, 11) is 0. The molecule has 0 saturated carbocycles. The predicted molar refractivity (Wildman–Crippen MR) is 88.5 cm³/mol. The third kappa shape index (κ3) is 9.95. The number of nitrogens with two attached hydrogens (primary N) is 4. The van der Waals surface area contributed by atoms with E-state index in [9.17, 15) is 0 Å². The molecule has 22 heavy (non-hydrogen) atoms. The van der Waals surface area contributed by atoms with Crippen LogP contribution in [0, 0.1) is 5.92 Å². The van der Waals surface area contributed by atoms with Crippen molar-refractivity contribution in [2.24, 2.45) is 34.0 Å². The van der Waals surface area contributed by atoms with Crippen LogP contribution < -0.4 is 22.9 Å². The molecule has 0 fully saturated rings. The van der Waals surface area contributed by atoms with Crippen LogP contribution >= 0.6 is 0 Å². The monoisotopic (exact) mass is 317 g/mol. The first kappa shape index (κ1) is 20.1. The predicted octanol–water partition coefficient (Wildman–Crippen LogP) is 0.752. The second-order valence-electron chi connectivity index (χ2n) is 5.69. The lowest BCUT2D eigenvalue weighted by atomic mass is 10.1. The van der Waals surface area contributed by atoms with Crippen molar-refractivity contribution in [3.05, 3.63) is 0 Å². The second kappa shape index (κ2) is 11.8. The van der Waals surface area contributed by atoms with E-state index in [0.29, 0.717) is 18.9 Å². The van der Waals surface area contributed by atoms with E-state index in [4.69, 9.17) is 32.6 Å². The average Bonchev–Trinajstić information content (AvgIpc) is 2.43. The summed E-state index contributed by atoms with van der Waals surface area (Å²) in [5.74, 6) is 0.360. The minimum Gasteiger partial charge on any atom is -0.367 e. The zero-order chi connectivity index (χ0) is 17.0. The van der Waals surface area contributed by atoms with Crippen LogP contribution in [0.2, 0.25) is 0 Å². The largest absolute Gasteiger partial charge is 0.381 e. The van der Waals surface area contributed by atoms with E-state index in [-0.39, 0.29) is 11.9 Å². The molecule has 130 valence electrons. The van der Waals surface area contributed by atoms with Crippen LogP contribution in [0.15, 0.2) is 5.16 Å². The first-order valence-electron chi connectivity index (χ1n) is 7.93. The SMILES string of the molecule is CCCCCCO[N+](=C(N)N)C(CCC(C)C)ON=C(N)N. The van der Waals surface area contributed by atoms with Crippen molar-refractivity contribution in [3.63, 3.8) is 0 Å². The van der Waals surface area contributed by atoms with Gasteiger partial charge in [0.1, 0.15) is 6.61 Å². The van der Waals surface area contributed by atoms with Crippen LogP contribution in [0.5, 0.6) is 0 Å². The lowest BCUT2D eigenvalue weighted by Gasteiger charge is -2.19. The summed E-state index contributed by atoms with van der Waals surface area (Å²) in [5.41, 5.74) is 22.0. The first-order chi connectivity index (χ1) is 10.4. The Labute approximate surface area is 133 Å². The molecule has 0 aromatic rings. The van der Waals surface area contributed by atoms with Gasteiger partial charge in [-0.05, 0) is 35.1 Å². The smallest absolute Gasteiger partial charge is 0.367 e. The van der Waals surface area contributed by atoms with Gasteiger partial charge < -0.3 is 21.1 Å². The molecule has 0 aliphatic rings. The van der Waals surface area contributed by atoms with Crippen molar-refractivity contribution in [1.82, 2.24) is 0 Å². The third-order valence-corrected chi connectivity index (χ3v) is 3.02. The zero-order valence-electron chi connectivity index (χ0n) is 14.1. The Balaban J connectivity index is 4.69. The van der Waals surface area contributed by atoms with E-state index in [0.717, 1.165) is 19.3 Å². The Kier molecular flexibility index (Phi) is 10.8. The van der Waals surface area contributed by atoms with Crippen molar-refractivity contribution in [3.8, 4) is 0 Å². The fraction of sp³-hybridized carbons (Fsp3) is 0.857. The third-order valence-electron chi connectivity index (χ3n) is 3.02. The van der Waals surface area contributed by atoms with Gasteiger partial charge in [-0.15, -0.1) is 0 Å². The van der Waals surface area contributed by atoms with Gasteiger partial charge in [0.2, 0.25) is 5.96 Å². The lowest BCUT2D eigenvalue weighted by Crippen LogP contribution is -2.43. The molecule has 0 aliphatic carbocycles. The molecule has 1 atom stereocenters. The van der Waals surface area contributed by atoms with Gasteiger partial charge in [0.25, 0.3) is 6.23 Å². The summed E-state index contributed by atoms with van der Waals surface area (Å²) in [6.07, 6.45) is 5.35. The molecule has 0 amide bonds. The number of oxime groups is 1. The summed E-state index contributed by atoms with van der Waals surface area (Å²) >= 11 is 0. The van der Waals surface area contributed by atoms with Crippen LogP contribution in [0.25, 0.3) is 0 Å². The zero-order valence-corrected chi connectivity index (χ0v) is 14.1. The summed E-state index contributed by atoms with van der Waals surface area (Å²) in [6, 6.07) is 0. The van der Waals surface area contributed by atoms with Crippen molar-refractivity contribution in [1.29, 1.82) is 0 Å². The topological polar surface area (TPSA) is 138 Å². The van der Waals surface area contributed by atoms with Crippen LogP contribution in [0.4, 0.5) is 0 Å². The Morgan fingerprint density at radius 3 is 2.23 bits per heavy atom. The van der Waals surface area contributed by atoms with Gasteiger partial charge in [-0.3, -0.25) is 11.5 Å². The van der Waals surface area contributed by atoms with E-state index in [1.54, 1.807) is 0 Å². The van der Waals surface area contributed by atoms with Crippen molar-refractivity contribution in [2.75, 3.05) is 6.61 Å². The van der Waals surface area contributed by atoms with Gasteiger partial charge in [0, 0.05) is 6.42 Å². The van der Waals surface area contributed by atoms with Gasteiger partial charge >= 0.3 is 5.96 Å². The Morgan fingerprint density at radius 2 is 1.73 bits per heavy atom. The molecule has 0 spiro atoms. The van der Waals surface area contributed by atoms with E-state index in [2.05, 4.69) is 25.9 Å². The average molecular weight is 317 g/mol. The van der Waals surface area contributed by atoms with Gasteiger partial charge in [-0.2, -0.15) is 0 Å². The van der Waals surface area contributed by atoms with E-state index in [1.807, 2.05) is 0 Å². The van der Waals surface area contributed by atoms with Crippen LogP contribution in [-0.4, -0.2) is 29.5 Å². The van der Waals surface area contributed by atoms with Crippen LogP contribution in [-0.2, 0) is 9.68 Å². The number of rotatable bonds is 12. The van der Waals surface area contributed by atoms with E-state index < -0.39 is 6.23 Å². The molecule has 0 aliphatic heterocycles. The molecule has 0 bridgehead atoms. The maximum atomic E-state index is 5.70. The van der Waals surface area contributed by atoms with Crippen LogP contribution in [0.1, 0.15) is 59.3 Å². The lowest BCUT2D eigenvalue weighted by molar-refractivity contribution is -0.837. The molecular formula is C14H33N6O2+. The molecule has 0 aromatic heterocycles. The second-order valence-corrected chi connectivity index (χ2v) is 5.69. The summed E-state index contributed by atoms with van der Waals surface area (Å²) in [4.78, 5) is 11.0. The molecule has 0 radical (unpaired) electrons. The summed E-state index contributed by atoms with van der Waals surface area (Å²) in [6.45, 7) is 6.90. The van der Waals surface area contributed by atoms with Crippen molar-refractivity contribution < 1.29 is 14.4 Å². The fourth-order valence-corrected chi connectivity index (χ4v) is 1.83. The quantitative estimate of drug-likeness (QED) is 0.105. The number of hydrogen-bond donors (Lipinski definition) is 4. The van der Waals surface area contributed by atoms with E-state index in [1.165, 1.54) is 17.6 Å². The minimum atomic E-state index is -0.555. The highest BCUT2D eigenvalue weighted by atomic mass is 16.7. The number of guanidine groups is 2. The molecule has 1 unspecified atom stereocenters. The van der Waals surface area contributed by atoms with Crippen molar-refractivity contribution >= 4 is 11.9 Å². The first-order valence-corrected chi connectivity index (χ1v) is 7.93. The molecule has 8 heteroatoms. The molecule has 0 saturated heterocycles. The van der Waals surface area contributed by atoms with Gasteiger partial charge in [-0.1, -0.05) is 33.6 Å². The Morgan fingerprint density at radius 1 is 1.05 bits per heavy atom. The molecule has 0 heterocycles. The number of unbranched alkanes of at least 4 members (excludes halogenated alkanes) is 3. The van der Waals surface area contributed by atoms with E-state index >= 15 is 0 Å². The fourth-order valence-electron chi connectivity index (χ4n) is 1.83. The maximum absolute atomic E-state index is 5.70. The molecule has 8 nitrogen and oxygen atoms in total. The minimum absolute atomic E-state index is 0.0232. The normalized spacial score (nSPS) is 11.8. The van der Waals surface area contributed by atoms with Crippen LogP contribution in [0.3, 0.4) is 0 Å². The summed E-state index contributed by atoms with van der Waals surface area (Å²) < 4.78 is 1.35. The van der Waals surface area contributed by atoms with Crippen molar-refractivity contribution in [2.45, 2.75) is 65.5 Å². The molecule has 0 aromatic carbocycles. The molecule has 8 N–H and O–H groups in total.